The van der Waals surface area contributed by atoms with Gasteiger partial charge in [-0.3, -0.25) is 0 Å². The van der Waals surface area contributed by atoms with E-state index in [-0.39, 0.29) is 0 Å². The summed E-state index contributed by atoms with van der Waals surface area (Å²) in [7, 11) is 0. The lowest BCUT2D eigenvalue weighted by Gasteiger charge is -2.12. The molecule has 1 atom stereocenters. The smallest absolute Gasteiger partial charge is 0.217 e. The van der Waals surface area contributed by atoms with Gasteiger partial charge in [0.25, 0.3) is 0 Å². The second kappa shape index (κ2) is 8.44. The van der Waals surface area contributed by atoms with Crippen LogP contribution in [0.5, 0.6) is 11.8 Å². The lowest BCUT2D eigenvalue weighted by Crippen LogP contribution is -2.15. The van der Waals surface area contributed by atoms with Crippen molar-refractivity contribution in [1.29, 1.82) is 0 Å². The van der Waals surface area contributed by atoms with Crippen LogP contribution in [0.4, 0.5) is 0 Å². The van der Waals surface area contributed by atoms with E-state index in [2.05, 4.69) is 16.9 Å². The monoisotopic (exact) mass is 338 g/mol. The molecule has 2 aromatic heterocycles. The summed E-state index contributed by atoms with van der Waals surface area (Å²) >= 11 is 0. The number of aliphatic hydroxyl groups excluding tert-OH is 1. The van der Waals surface area contributed by atoms with Crippen LogP contribution in [0.1, 0.15) is 31.7 Å². The van der Waals surface area contributed by atoms with E-state index in [1.807, 2.05) is 48.5 Å². The Morgan fingerprint density at radius 3 is 2.44 bits per heavy atom. The van der Waals surface area contributed by atoms with Crippen molar-refractivity contribution >= 4 is 11.0 Å². The topological polar surface area (TPSA) is 64.5 Å². The minimum Gasteiger partial charge on any atom is -0.473 e. The number of unbranched alkanes of at least 4 members (excludes halogenated alkanes) is 1. The third kappa shape index (κ3) is 4.90. The molecule has 0 saturated heterocycles. The van der Waals surface area contributed by atoms with Crippen LogP contribution in [0.25, 0.3) is 11.0 Å². The molecule has 0 amide bonds. The summed E-state index contributed by atoms with van der Waals surface area (Å²) in [6.45, 7) is 2.52. The van der Waals surface area contributed by atoms with E-state index in [1.165, 1.54) is 0 Å². The Hall–Kier alpha value is -2.66. The van der Waals surface area contributed by atoms with E-state index in [0.717, 1.165) is 23.8 Å². The molecule has 0 radical (unpaired) electrons. The number of rotatable bonds is 8. The van der Waals surface area contributed by atoms with Gasteiger partial charge in [-0.05, 0) is 24.1 Å². The van der Waals surface area contributed by atoms with Gasteiger partial charge >= 0.3 is 0 Å². The summed E-state index contributed by atoms with van der Waals surface area (Å²) in [6.07, 6.45) is 1.66. The summed E-state index contributed by atoms with van der Waals surface area (Å²) in [5.41, 5.74) is 1.61. The Labute approximate surface area is 147 Å². The van der Waals surface area contributed by atoms with Gasteiger partial charge in [0.1, 0.15) is 6.61 Å². The molecule has 25 heavy (non-hydrogen) atoms. The van der Waals surface area contributed by atoms with Crippen LogP contribution >= 0.6 is 0 Å². The quantitative estimate of drug-likeness (QED) is 0.627. The van der Waals surface area contributed by atoms with Crippen molar-refractivity contribution in [3.05, 3.63) is 60.2 Å². The second-order valence-electron chi connectivity index (χ2n) is 5.83. The summed E-state index contributed by atoms with van der Waals surface area (Å²) in [5, 5.41) is 10.8. The molecule has 130 valence electrons. The molecule has 0 aliphatic rings. The molecule has 2 heterocycles. The maximum Gasteiger partial charge on any atom is 0.217 e. The fourth-order valence-electron chi connectivity index (χ4n) is 2.42. The summed E-state index contributed by atoms with van der Waals surface area (Å²) in [6, 6.07) is 17.3. The van der Waals surface area contributed by atoms with Crippen LogP contribution in [-0.2, 0) is 6.61 Å². The zero-order valence-electron chi connectivity index (χ0n) is 14.3. The van der Waals surface area contributed by atoms with E-state index >= 15 is 0 Å². The van der Waals surface area contributed by atoms with Crippen molar-refractivity contribution in [1.82, 2.24) is 9.97 Å². The highest BCUT2D eigenvalue weighted by Gasteiger charge is 2.08. The van der Waals surface area contributed by atoms with Crippen molar-refractivity contribution < 1.29 is 14.6 Å². The summed E-state index contributed by atoms with van der Waals surface area (Å²) < 4.78 is 11.2. The molecule has 0 saturated carbocycles. The number of nitrogens with zero attached hydrogens (tertiary/aromatic N) is 2. The number of pyridine rings is 2. The van der Waals surface area contributed by atoms with Gasteiger partial charge in [0, 0.05) is 23.9 Å². The van der Waals surface area contributed by atoms with Gasteiger partial charge in [-0.15, -0.1) is 0 Å². The first-order valence-corrected chi connectivity index (χ1v) is 8.54. The average molecular weight is 338 g/mol. The van der Waals surface area contributed by atoms with Gasteiger partial charge in [0.2, 0.25) is 11.8 Å². The highest BCUT2D eigenvalue weighted by atomic mass is 16.6. The van der Waals surface area contributed by atoms with Crippen LogP contribution in [0.15, 0.2) is 54.6 Å². The molecular weight excluding hydrogens is 316 g/mol. The molecular formula is C20H22N2O3. The molecule has 5 nitrogen and oxygen atoms in total. The first-order chi connectivity index (χ1) is 12.2. The van der Waals surface area contributed by atoms with Crippen LogP contribution in [-0.4, -0.2) is 21.4 Å². The van der Waals surface area contributed by atoms with E-state index in [4.69, 9.17) is 9.47 Å². The molecule has 0 fully saturated rings. The van der Waals surface area contributed by atoms with Crippen molar-refractivity contribution in [2.45, 2.75) is 39.1 Å². The first-order valence-electron chi connectivity index (χ1n) is 8.54. The van der Waals surface area contributed by atoms with Gasteiger partial charge in [0.15, 0.2) is 11.9 Å². The lowest BCUT2D eigenvalue weighted by molar-refractivity contribution is -0.0272. The van der Waals surface area contributed by atoms with Gasteiger partial charge in [-0.25, -0.2) is 0 Å². The van der Waals surface area contributed by atoms with Gasteiger partial charge in [0.05, 0.1) is 0 Å². The highest BCUT2D eigenvalue weighted by Crippen LogP contribution is 2.20. The van der Waals surface area contributed by atoms with E-state index < -0.39 is 6.29 Å². The number of fused-ring (bicyclic) bond motifs is 1. The number of aliphatic hydroxyl groups is 1. The van der Waals surface area contributed by atoms with E-state index in [1.54, 1.807) is 6.07 Å². The summed E-state index contributed by atoms with van der Waals surface area (Å²) in [5.74, 6) is 0.872. The maximum atomic E-state index is 9.86. The fourth-order valence-corrected chi connectivity index (χ4v) is 2.42. The molecule has 1 N–H and O–H groups in total. The number of benzene rings is 1. The van der Waals surface area contributed by atoms with Crippen molar-refractivity contribution in [2.24, 2.45) is 0 Å². The highest BCUT2D eigenvalue weighted by molar-refractivity contribution is 5.75. The molecule has 1 aromatic carbocycles. The standard InChI is InChI=1S/C20H22N2O3/c1-2-3-9-19(23)25-18-13-11-16-10-12-17(21-20(16)22-18)24-14-15-7-5-4-6-8-15/h4-8,10-13,19,23H,2-3,9,14H2,1H3. The fraction of sp³-hybridized carbons (Fsp3) is 0.300. The summed E-state index contributed by atoms with van der Waals surface area (Å²) in [4.78, 5) is 8.79. The third-order valence-corrected chi connectivity index (χ3v) is 3.79. The molecule has 3 aromatic rings. The second-order valence-corrected chi connectivity index (χ2v) is 5.83. The van der Waals surface area contributed by atoms with Crippen LogP contribution < -0.4 is 9.47 Å². The molecule has 0 bridgehead atoms. The number of hydrogen-bond acceptors (Lipinski definition) is 5. The predicted molar refractivity (Wildman–Crippen MR) is 96.5 cm³/mol. The zero-order chi connectivity index (χ0) is 17.5. The van der Waals surface area contributed by atoms with Crippen LogP contribution in [0.2, 0.25) is 0 Å². The SMILES string of the molecule is CCCCC(O)Oc1ccc2ccc(OCc3ccccc3)nc2n1. The molecule has 3 rings (SSSR count). The average Bonchev–Trinajstić information content (AvgIpc) is 2.65. The number of aromatic nitrogens is 2. The zero-order valence-corrected chi connectivity index (χ0v) is 14.3. The van der Waals surface area contributed by atoms with Crippen molar-refractivity contribution in [3.63, 3.8) is 0 Å². The number of hydrogen-bond donors (Lipinski definition) is 1. The minimum absolute atomic E-state index is 0.365. The maximum absolute atomic E-state index is 9.86. The van der Waals surface area contributed by atoms with Gasteiger partial charge in [-0.2, -0.15) is 9.97 Å². The third-order valence-electron chi connectivity index (χ3n) is 3.79. The Morgan fingerprint density at radius 1 is 0.960 bits per heavy atom. The first kappa shape index (κ1) is 17.2. The normalized spacial score (nSPS) is 12.1. The van der Waals surface area contributed by atoms with E-state index in [9.17, 15) is 5.11 Å². The van der Waals surface area contributed by atoms with Crippen molar-refractivity contribution in [2.75, 3.05) is 0 Å². The molecule has 0 aliphatic carbocycles. The van der Waals surface area contributed by atoms with Gasteiger partial charge < -0.3 is 14.6 Å². The largest absolute Gasteiger partial charge is 0.473 e. The Kier molecular flexibility index (Phi) is 5.80. The Balaban J connectivity index is 1.69. The molecule has 1 unspecified atom stereocenters. The van der Waals surface area contributed by atoms with Crippen LogP contribution in [0.3, 0.4) is 0 Å². The molecule has 0 spiro atoms. The Morgan fingerprint density at radius 2 is 1.68 bits per heavy atom. The lowest BCUT2D eigenvalue weighted by atomic mass is 10.2. The van der Waals surface area contributed by atoms with Crippen LogP contribution in [0, 0.1) is 0 Å². The molecule has 5 heteroatoms. The van der Waals surface area contributed by atoms with Gasteiger partial charge in [-0.1, -0.05) is 43.7 Å². The molecule has 0 aliphatic heterocycles. The predicted octanol–water partition coefficient (Wildman–Crippen LogP) is 4.10. The number of ether oxygens (including phenoxy) is 2. The van der Waals surface area contributed by atoms with E-state index in [0.29, 0.717) is 30.4 Å². The Bertz CT molecular complexity index is 808. The minimum atomic E-state index is -0.845. The van der Waals surface area contributed by atoms with Crippen molar-refractivity contribution in [3.8, 4) is 11.8 Å².